The van der Waals surface area contributed by atoms with Gasteiger partial charge in [0.15, 0.2) is 40.7 Å². The number of alkyl halides is 2. The van der Waals surface area contributed by atoms with E-state index in [1.165, 1.54) is 30.9 Å². The molecule has 0 radical (unpaired) electrons. The SMILES string of the molecule is C[C@@H]1CN(c2ccc3c(n2)N(C(=O)Nc2cnccn2)[C@H]2CCN3C2)CCN1.C[C@H]1CNCCN1c1ccc2c(n1)N(C(=O)Nc1cnccn1)[C@H]1CCN2C1.Cc1ccc(-c2ccc3c(n2)N(C(=O)Nc2ccnc(O[C@H]4CCOC4)n2)[C@H]2CCN3C2)cn1.O=C(Nc1cnccn1)N1c2nc(-c3ccc(OC(F)F)nc3)ccc2N2CC[C@H]1C2. The number of hydrogen-bond acceptors (Lipinski definition) is 29. The van der Waals surface area contributed by atoms with Crippen LogP contribution in [-0.2, 0) is 4.74 Å². The molecule has 11 aliphatic rings. The van der Waals surface area contributed by atoms with Gasteiger partial charge in [-0.2, -0.15) is 13.8 Å². The Morgan fingerprint density at radius 1 is 0.463 bits per heavy atom. The highest BCUT2D eigenvalue weighted by Crippen LogP contribution is 2.45. The van der Waals surface area contributed by atoms with Gasteiger partial charge >= 0.3 is 36.7 Å². The Morgan fingerprint density at radius 3 is 1.40 bits per heavy atom. The number of halogens is 2. The van der Waals surface area contributed by atoms with Gasteiger partial charge < -0.3 is 54.2 Å². The van der Waals surface area contributed by atoms with Gasteiger partial charge in [0.25, 0.3) is 0 Å². The molecule has 0 aromatic carbocycles. The lowest BCUT2D eigenvalue weighted by molar-refractivity contribution is -0.0528. The number of urea groups is 4. The summed E-state index contributed by atoms with van der Waals surface area (Å²) < 4.78 is 40.1. The van der Waals surface area contributed by atoms with E-state index in [-0.39, 0.29) is 66.3 Å². The number of ether oxygens (including phenoxy) is 3. The van der Waals surface area contributed by atoms with Crippen molar-refractivity contribution in [2.75, 3.05) is 175 Å². The van der Waals surface area contributed by atoms with E-state index in [1.54, 1.807) is 65.3 Å². The number of carbonyl (C=O) groups excluding carboxylic acids is 4. The van der Waals surface area contributed by atoms with E-state index < -0.39 is 6.61 Å². The Labute approximate surface area is 694 Å². The maximum atomic E-state index is 13.5. The van der Waals surface area contributed by atoms with Crippen molar-refractivity contribution in [1.82, 2.24) is 80.4 Å². The van der Waals surface area contributed by atoms with Crippen LogP contribution in [0.25, 0.3) is 22.5 Å². The third-order valence-electron chi connectivity index (χ3n) is 23.0. The Kier molecular flexibility index (Phi) is 22.6. The Bertz CT molecular complexity index is 5380. The van der Waals surface area contributed by atoms with E-state index in [0.717, 1.165) is 187 Å². The highest BCUT2D eigenvalue weighted by Gasteiger charge is 2.46. The zero-order chi connectivity index (χ0) is 82.6. The molecule has 39 heteroatoms. The number of pyridine rings is 6. The number of anilines is 14. The molecule has 7 saturated heterocycles. The van der Waals surface area contributed by atoms with Gasteiger partial charge in [-0.1, -0.05) is 0 Å². The first-order valence-corrected chi connectivity index (χ1v) is 40.7. The third-order valence-corrected chi connectivity index (χ3v) is 23.0. The molecule has 37 nitrogen and oxygen atoms in total. The van der Waals surface area contributed by atoms with Gasteiger partial charge in [0, 0.05) is 189 Å². The summed E-state index contributed by atoms with van der Waals surface area (Å²) in [6.45, 7) is 16.9. The van der Waals surface area contributed by atoms with Gasteiger partial charge in [0.1, 0.15) is 23.6 Å². The molecule has 7 fully saturated rings. The number of nitrogens with zero attached hydrogens (tertiary/aromatic N) is 24. The second-order valence-electron chi connectivity index (χ2n) is 31.0. The average Bonchev–Trinajstić information content (AvgIpc) is 1.70. The minimum Gasteiger partial charge on any atom is -0.458 e. The fraction of sp³-hybridized carbons (Fsp3) is 0.390. The highest BCUT2D eigenvalue weighted by molar-refractivity contribution is 6.07. The molecular formula is C82H90F2N30O7. The van der Waals surface area contributed by atoms with Crippen molar-refractivity contribution in [3.05, 3.63) is 159 Å². The topological polar surface area (TPSA) is 381 Å². The van der Waals surface area contributed by atoms with Crippen molar-refractivity contribution >= 4 is 105 Å². The number of aryl methyl sites for hydroxylation is 1. The minimum absolute atomic E-state index is 0.0214. The lowest BCUT2D eigenvalue weighted by atomic mass is 10.1. The molecule has 0 aliphatic carbocycles. The lowest BCUT2D eigenvalue weighted by Crippen LogP contribution is -2.51. The molecule has 21 heterocycles. The summed E-state index contributed by atoms with van der Waals surface area (Å²) in [4.78, 5) is 134. The van der Waals surface area contributed by atoms with Crippen LogP contribution in [0.15, 0.2) is 153 Å². The monoisotopic (exact) mass is 1640 g/mol. The Morgan fingerprint density at radius 2 is 0.950 bits per heavy atom. The van der Waals surface area contributed by atoms with Crippen molar-refractivity contribution in [3.63, 3.8) is 0 Å². The summed E-state index contributed by atoms with van der Waals surface area (Å²) in [6.07, 6.45) is 23.0. The Hall–Kier alpha value is -13.6. The maximum Gasteiger partial charge on any atom is 0.388 e. The van der Waals surface area contributed by atoms with Crippen LogP contribution in [0.2, 0.25) is 0 Å². The lowest BCUT2D eigenvalue weighted by Gasteiger charge is -2.38. The fourth-order valence-electron chi connectivity index (χ4n) is 17.1. The number of rotatable bonds is 12. The third kappa shape index (κ3) is 17.1. The van der Waals surface area contributed by atoms with Gasteiger partial charge in [0.05, 0.1) is 90.1 Å². The van der Waals surface area contributed by atoms with E-state index in [9.17, 15) is 28.0 Å². The smallest absolute Gasteiger partial charge is 0.388 e. The van der Waals surface area contributed by atoms with Crippen molar-refractivity contribution < 1.29 is 42.2 Å². The summed E-state index contributed by atoms with van der Waals surface area (Å²) in [5.41, 5.74) is 7.68. The maximum absolute atomic E-state index is 13.5. The zero-order valence-corrected chi connectivity index (χ0v) is 66.7. The first kappa shape index (κ1) is 78.6. The molecule has 11 aliphatic heterocycles. The van der Waals surface area contributed by atoms with E-state index in [4.69, 9.17) is 29.4 Å². The second-order valence-corrected chi connectivity index (χ2v) is 31.0. The number of nitrogens with one attached hydrogen (secondary N) is 6. The number of amides is 8. The van der Waals surface area contributed by atoms with E-state index >= 15 is 0 Å². The van der Waals surface area contributed by atoms with Gasteiger partial charge in [0.2, 0.25) is 5.88 Å². The second kappa shape index (κ2) is 34.8. The number of carbonyl (C=O) groups is 4. The van der Waals surface area contributed by atoms with E-state index in [1.807, 2.05) is 59.3 Å². The minimum atomic E-state index is -2.94. The predicted octanol–water partition coefficient (Wildman–Crippen LogP) is 8.81. The summed E-state index contributed by atoms with van der Waals surface area (Å²) in [7, 11) is 0. The normalized spacial score (nSPS) is 21.1. The number of aromatic nitrogens is 14. The first-order chi connectivity index (χ1) is 59.1. The Balaban J connectivity index is 0.000000111. The van der Waals surface area contributed by atoms with E-state index in [0.29, 0.717) is 71.5 Å². The predicted molar refractivity (Wildman–Crippen MR) is 451 cm³/mol. The van der Waals surface area contributed by atoms with E-state index in [2.05, 4.69) is 154 Å². The van der Waals surface area contributed by atoms with Gasteiger partial charge in [-0.3, -0.25) is 60.8 Å². The van der Waals surface area contributed by atoms with Crippen LogP contribution in [0.1, 0.15) is 51.6 Å². The van der Waals surface area contributed by atoms with Crippen LogP contribution < -0.4 is 90.4 Å². The van der Waals surface area contributed by atoms with Crippen LogP contribution in [0.4, 0.5) is 109 Å². The van der Waals surface area contributed by atoms with Gasteiger partial charge in [-0.15, -0.1) is 0 Å². The van der Waals surface area contributed by atoms with Crippen molar-refractivity contribution in [2.24, 2.45) is 0 Å². The zero-order valence-electron chi connectivity index (χ0n) is 66.7. The molecule has 0 saturated carbocycles. The van der Waals surface area contributed by atoms with Crippen LogP contribution in [0, 0.1) is 6.92 Å². The van der Waals surface area contributed by atoms with Crippen molar-refractivity contribution in [3.8, 4) is 34.4 Å². The quantitative estimate of drug-likeness (QED) is 0.0665. The largest absolute Gasteiger partial charge is 0.458 e. The molecular weight excluding hydrogens is 1560 g/mol. The molecule has 21 rings (SSSR count). The van der Waals surface area contributed by atoms with Crippen LogP contribution in [-0.4, -0.2) is 248 Å². The number of piperazine rings is 2. The molecule has 8 amide bonds. The van der Waals surface area contributed by atoms with Gasteiger partial charge in [-0.25, -0.2) is 64.0 Å². The highest BCUT2D eigenvalue weighted by atomic mass is 19.3. The molecule has 8 bridgehead atoms. The van der Waals surface area contributed by atoms with Gasteiger partial charge in [-0.05, 0) is 119 Å². The summed E-state index contributed by atoms with van der Waals surface area (Å²) in [5.74, 6) is 5.95. The van der Waals surface area contributed by atoms with Crippen molar-refractivity contribution in [2.45, 2.75) is 102 Å². The van der Waals surface area contributed by atoms with Crippen LogP contribution in [0.3, 0.4) is 0 Å². The fourth-order valence-corrected chi connectivity index (χ4v) is 17.1. The number of fused-ring (bicyclic) bond motifs is 16. The molecule has 10 aromatic heterocycles. The molecule has 0 unspecified atom stereocenters. The van der Waals surface area contributed by atoms with Crippen LogP contribution >= 0.6 is 0 Å². The summed E-state index contributed by atoms with van der Waals surface area (Å²) in [5, 5.41) is 18.3. The summed E-state index contributed by atoms with van der Waals surface area (Å²) >= 11 is 0. The molecule has 624 valence electrons. The van der Waals surface area contributed by atoms with Crippen LogP contribution in [0.5, 0.6) is 11.9 Å². The average molecular weight is 1650 g/mol. The molecule has 0 spiro atoms. The molecule has 121 heavy (non-hydrogen) atoms. The molecule has 7 atom stereocenters. The standard InChI is InChI=1S/C24H25N7O3.C20H17F2N7O2.2C19H24N8O/c1-15-2-3-16(12-26-15)19-4-5-20-22(27-19)31(17-7-10-30(20)13-17)24(32)29-21-6-9-25-23(28-21)34-18-8-11-33-14-18;21-19(22)31-17-4-1-12(9-25-17)14-2-3-15-18(26-14)29(13-5-8-28(15)11-13)20(30)27-16-10-23-6-7-24-16;1-13-11-26(9-7-21-13)17-3-2-15-18(24-17)27(14-4-8-25(15)12-14)19(28)23-16-10-20-5-6-22-16;1-13-10-21-7-9-26(13)17-3-2-15-18(24-17)27(14-4-8-25(15)12-14)19(28)23-16-11-20-5-6-22-16/h2-6,9,12,17-18H,7-8,10-11,13-14H2,1H3,(H,25,28,29,32);1-4,6-7,9-10,13,19H,5,8,11H2,(H,24,27,30);2-3,5-6,10,13-14,21H,4,7-9,11-12H2,1H3,(H,22,23,28);2-3,5-6,11,13-14,21H,4,7-10,12H2,1H3,(H,22,23,28)/t17-,18-;13-;13-,14+;13-,14-/m0010/s1. The number of hydrogen-bond donors (Lipinski definition) is 6. The summed E-state index contributed by atoms with van der Waals surface area (Å²) in [6, 6.07) is 25.0. The van der Waals surface area contributed by atoms with Crippen molar-refractivity contribution in [1.29, 1.82) is 0 Å². The molecule has 10 aromatic rings. The molecule has 6 N–H and O–H groups in total. The first-order valence-electron chi connectivity index (χ1n) is 40.7.